The van der Waals surface area contributed by atoms with Crippen molar-refractivity contribution >= 4 is 17.5 Å². The van der Waals surface area contributed by atoms with Crippen LogP contribution < -0.4 is 10.2 Å². The van der Waals surface area contributed by atoms with Crippen molar-refractivity contribution in [2.75, 3.05) is 10.2 Å². The summed E-state index contributed by atoms with van der Waals surface area (Å²) in [4.78, 5) is 6.33. The number of aromatic nitrogens is 3. The van der Waals surface area contributed by atoms with Gasteiger partial charge in [0.25, 0.3) is 0 Å². The van der Waals surface area contributed by atoms with Crippen LogP contribution in [0.4, 0.5) is 30.6 Å². The molecule has 5 nitrogen and oxygen atoms in total. The maximum atomic E-state index is 13.9. The van der Waals surface area contributed by atoms with Crippen molar-refractivity contribution in [3.05, 3.63) is 71.7 Å². The molecule has 0 bridgehead atoms. The van der Waals surface area contributed by atoms with Crippen molar-refractivity contribution < 1.29 is 13.2 Å². The minimum Gasteiger partial charge on any atom is -0.348 e. The Hall–Kier alpha value is -3.16. The molecule has 0 aliphatic rings. The highest BCUT2D eigenvalue weighted by atomic mass is 19.2. The van der Waals surface area contributed by atoms with Crippen molar-refractivity contribution in [2.45, 2.75) is 26.4 Å². The fourth-order valence-electron chi connectivity index (χ4n) is 2.54. The monoisotopic (exact) mass is 373 g/mol. The molecule has 0 aliphatic carbocycles. The van der Waals surface area contributed by atoms with Crippen molar-refractivity contribution in [2.24, 2.45) is 0 Å². The first-order chi connectivity index (χ1) is 13.0. The van der Waals surface area contributed by atoms with Crippen LogP contribution in [-0.4, -0.2) is 21.2 Å². The minimum absolute atomic E-state index is 0.0175. The molecule has 1 aromatic heterocycles. The molecule has 0 saturated carbocycles. The first-order valence-corrected chi connectivity index (χ1v) is 8.36. The van der Waals surface area contributed by atoms with Gasteiger partial charge in [0.2, 0.25) is 5.95 Å². The first kappa shape index (κ1) is 18.6. The summed E-state index contributed by atoms with van der Waals surface area (Å²) in [5, 5.41) is 10.2. The van der Waals surface area contributed by atoms with Gasteiger partial charge in [0.15, 0.2) is 23.3 Å². The van der Waals surface area contributed by atoms with Gasteiger partial charge in [0.05, 0.1) is 11.9 Å². The lowest BCUT2D eigenvalue weighted by molar-refractivity contribution is 0.449. The van der Waals surface area contributed by atoms with E-state index in [2.05, 4.69) is 20.5 Å². The third-order valence-corrected chi connectivity index (χ3v) is 3.94. The predicted octanol–water partition coefficient (Wildman–Crippen LogP) is 4.45. The van der Waals surface area contributed by atoms with E-state index in [9.17, 15) is 13.2 Å². The molecule has 0 radical (unpaired) electrons. The van der Waals surface area contributed by atoms with Crippen molar-refractivity contribution in [1.82, 2.24) is 15.2 Å². The smallest absolute Gasteiger partial charge is 0.249 e. The van der Waals surface area contributed by atoms with E-state index in [4.69, 9.17) is 0 Å². The molecule has 2 aromatic carbocycles. The lowest BCUT2D eigenvalue weighted by atomic mass is 10.2. The number of nitrogens with one attached hydrogen (secondary N) is 1. The molecular formula is C19H18F3N5. The zero-order valence-corrected chi connectivity index (χ0v) is 14.8. The molecule has 0 fully saturated rings. The summed E-state index contributed by atoms with van der Waals surface area (Å²) in [6.45, 7) is 4.61. The molecule has 8 heteroatoms. The van der Waals surface area contributed by atoms with E-state index >= 15 is 0 Å². The summed E-state index contributed by atoms with van der Waals surface area (Å²) in [5.41, 5.74) is 0.818. The average molecular weight is 373 g/mol. The molecule has 0 atom stereocenters. The second-order valence-electron chi connectivity index (χ2n) is 6.19. The third kappa shape index (κ3) is 4.33. The number of halogens is 3. The van der Waals surface area contributed by atoms with Crippen molar-refractivity contribution in [1.29, 1.82) is 0 Å². The lowest BCUT2D eigenvalue weighted by Crippen LogP contribution is -2.31. The largest absolute Gasteiger partial charge is 0.348 e. The topological polar surface area (TPSA) is 53.9 Å². The standard InChI is InChI=1S/C19H18F3N5/c1-12(2)27(11-13-6-4-3-5-7-13)16-10-23-26-19(25-16)24-15-9-8-14(20)17(21)18(15)22/h3-10,12H,11H2,1-2H3,(H,24,25,26). The van der Waals surface area contributed by atoms with Gasteiger partial charge in [-0.15, -0.1) is 5.10 Å². The highest BCUT2D eigenvalue weighted by molar-refractivity contribution is 5.55. The van der Waals surface area contributed by atoms with Crippen LogP contribution in [0.25, 0.3) is 0 Å². The maximum Gasteiger partial charge on any atom is 0.249 e. The van der Waals surface area contributed by atoms with Crippen LogP contribution in [0, 0.1) is 17.5 Å². The van der Waals surface area contributed by atoms with Gasteiger partial charge in [-0.1, -0.05) is 30.3 Å². The second kappa shape index (κ2) is 8.03. The Morgan fingerprint density at radius 3 is 2.44 bits per heavy atom. The van der Waals surface area contributed by atoms with Crippen LogP contribution in [0.1, 0.15) is 19.4 Å². The quantitative estimate of drug-likeness (QED) is 0.647. The fraction of sp³-hybridized carbons (Fsp3) is 0.211. The zero-order valence-electron chi connectivity index (χ0n) is 14.8. The number of benzene rings is 2. The number of nitrogens with zero attached hydrogens (tertiary/aromatic N) is 4. The molecule has 0 amide bonds. The van der Waals surface area contributed by atoms with Gasteiger partial charge in [0.1, 0.15) is 0 Å². The van der Waals surface area contributed by atoms with Gasteiger partial charge >= 0.3 is 0 Å². The Kier molecular flexibility index (Phi) is 5.54. The number of rotatable bonds is 6. The van der Waals surface area contributed by atoms with Crippen molar-refractivity contribution in [3.63, 3.8) is 0 Å². The van der Waals surface area contributed by atoms with Crippen LogP contribution in [0.2, 0.25) is 0 Å². The molecular weight excluding hydrogens is 355 g/mol. The third-order valence-electron chi connectivity index (χ3n) is 3.94. The van der Waals surface area contributed by atoms with E-state index in [1.807, 2.05) is 49.1 Å². The zero-order chi connectivity index (χ0) is 19.4. The average Bonchev–Trinajstić information content (AvgIpc) is 2.67. The molecule has 0 saturated heterocycles. The van der Waals surface area contributed by atoms with Crippen molar-refractivity contribution in [3.8, 4) is 0 Å². The highest BCUT2D eigenvalue weighted by Gasteiger charge is 2.17. The van der Waals surface area contributed by atoms with E-state index in [1.54, 1.807) is 0 Å². The van der Waals surface area contributed by atoms with Gasteiger partial charge in [-0.3, -0.25) is 0 Å². The Balaban J connectivity index is 1.86. The van der Waals surface area contributed by atoms with Gasteiger partial charge in [0, 0.05) is 12.6 Å². The summed E-state index contributed by atoms with van der Waals surface area (Å²) < 4.78 is 40.3. The first-order valence-electron chi connectivity index (χ1n) is 8.36. The predicted molar refractivity (Wildman–Crippen MR) is 97.2 cm³/mol. The number of hydrogen-bond acceptors (Lipinski definition) is 5. The molecule has 3 aromatic rings. The molecule has 140 valence electrons. The number of anilines is 3. The Morgan fingerprint density at radius 2 is 1.74 bits per heavy atom. The summed E-state index contributed by atoms with van der Waals surface area (Å²) in [6, 6.07) is 11.8. The van der Waals surface area contributed by atoms with Gasteiger partial charge in [-0.25, -0.2) is 13.2 Å². The van der Waals surface area contributed by atoms with E-state index in [-0.39, 0.29) is 17.7 Å². The Bertz CT molecular complexity index is 918. The van der Waals surface area contributed by atoms with E-state index < -0.39 is 17.5 Å². The second-order valence-corrected chi connectivity index (χ2v) is 6.19. The molecule has 0 spiro atoms. The summed E-state index contributed by atoms with van der Waals surface area (Å²) in [6.07, 6.45) is 1.50. The minimum atomic E-state index is -1.56. The van der Waals surface area contributed by atoms with Crippen LogP contribution in [0.5, 0.6) is 0 Å². The van der Waals surface area contributed by atoms with Gasteiger partial charge in [-0.05, 0) is 31.5 Å². The van der Waals surface area contributed by atoms with E-state index in [1.165, 1.54) is 6.20 Å². The fourth-order valence-corrected chi connectivity index (χ4v) is 2.54. The lowest BCUT2D eigenvalue weighted by Gasteiger charge is -2.27. The summed E-state index contributed by atoms with van der Waals surface area (Å²) in [5.74, 6) is -3.66. The normalized spacial score (nSPS) is 10.9. The molecule has 3 rings (SSSR count). The van der Waals surface area contributed by atoms with Crippen LogP contribution in [0.3, 0.4) is 0 Å². The molecule has 1 heterocycles. The highest BCUT2D eigenvalue weighted by Crippen LogP contribution is 2.23. The summed E-state index contributed by atoms with van der Waals surface area (Å²) >= 11 is 0. The van der Waals surface area contributed by atoms with Gasteiger partial charge in [-0.2, -0.15) is 10.1 Å². The van der Waals surface area contributed by atoms with Crippen LogP contribution in [-0.2, 0) is 6.54 Å². The molecule has 27 heavy (non-hydrogen) atoms. The van der Waals surface area contributed by atoms with Crippen LogP contribution >= 0.6 is 0 Å². The SMILES string of the molecule is CC(C)N(Cc1ccccc1)c1cnnc(Nc2ccc(F)c(F)c2F)n1. The van der Waals surface area contributed by atoms with E-state index in [0.717, 1.165) is 17.7 Å². The Morgan fingerprint density at radius 1 is 1.00 bits per heavy atom. The molecule has 0 unspecified atom stereocenters. The van der Waals surface area contributed by atoms with Crippen LogP contribution in [0.15, 0.2) is 48.7 Å². The summed E-state index contributed by atoms with van der Waals surface area (Å²) in [7, 11) is 0. The molecule has 0 aliphatic heterocycles. The maximum absolute atomic E-state index is 13.9. The molecule has 1 N–H and O–H groups in total. The Labute approximate surface area is 154 Å². The van der Waals surface area contributed by atoms with E-state index in [0.29, 0.717) is 12.4 Å². The number of hydrogen-bond donors (Lipinski definition) is 1. The van der Waals surface area contributed by atoms with Gasteiger partial charge < -0.3 is 10.2 Å².